The van der Waals surface area contributed by atoms with Crippen molar-refractivity contribution in [2.45, 2.75) is 20.0 Å². The Hall–Kier alpha value is -1.76. The third-order valence-electron chi connectivity index (χ3n) is 3.38. The number of rotatable bonds is 9. The highest BCUT2D eigenvalue weighted by Gasteiger charge is 2.33. The van der Waals surface area contributed by atoms with E-state index in [0.717, 1.165) is 0 Å². The fourth-order valence-electron chi connectivity index (χ4n) is 2.31. The van der Waals surface area contributed by atoms with Gasteiger partial charge in [0.1, 0.15) is 6.10 Å². The van der Waals surface area contributed by atoms with Gasteiger partial charge in [-0.3, -0.25) is 23.7 Å². The molecule has 140 valence electrons. The Labute approximate surface area is 156 Å². The summed E-state index contributed by atoms with van der Waals surface area (Å²) in [5.41, 5.74) is 0.748. The Kier molecular flexibility index (Phi) is 7.32. The van der Waals surface area contributed by atoms with Crippen molar-refractivity contribution in [3.63, 3.8) is 0 Å². The van der Waals surface area contributed by atoms with Crippen LogP contribution in [0.15, 0.2) is 48.5 Å². The molecule has 0 amide bonds. The molecule has 0 aromatic heterocycles. The molecule has 0 fully saturated rings. The summed E-state index contributed by atoms with van der Waals surface area (Å²) >= 11 is 6.25. The molecule has 2 aromatic rings. The van der Waals surface area contributed by atoms with E-state index in [0.29, 0.717) is 11.1 Å². The third kappa shape index (κ3) is 5.13. The van der Waals surface area contributed by atoms with Gasteiger partial charge < -0.3 is 0 Å². The van der Waals surface area contributed by atoms with E-state index in [1.165, 1.54) is 18.2 Å². The van der Waals surface area contributed by atoms with Gasteiger partial charge in [0.25, 0.3) is 5.69 Å². The van der Waals surface area contributed by atoms with Gasteiger partial charge in [0.15, 0.2) is 0 Å². The molecule has 1 unspecified atom stereocenters. The lowest BCUT2D eigenvalue weighted by molar-refractivity contribution is -0.385. The number of benzene rings is 2. The van der Waals surface area contributed by atoms with E-state index in [9.17, 15) is 14.7 Å². The van der Waals surface area contributed by atoms with Crippen LogP contribution >= 0.6 is 19.4 Å². The first-order chi connectivity index (χ1) is 12.4. The van der Waals surface area contributed by atoms with Crippen molar-refractivity contribution < 1.29 is 23.1 Å². The van der Waals surface area contributed by atoms with Crippen LogP contribution in [0.3, 0.4) is 0 Å². The Morgan fingerprint density at radius 3 is 2.27 bits per heavy atom. The van der Waals surface area contributed by atoms with Gasteiger partial charge in [-0.1, -0.05) is 41.9 Å². The van der Waals surface area contributed by atoms with E-state index >= 15 is 0 Å². The fraction of sp³-hybridized carbons (Fsp3) is 0.294. The number of phosphoric ester groups is 1. The molecule has 0 spiro atoms. The van der Waals surface area contributed by atoms with Crippen molar-refractivity contribution in [2.24, 2.45) is 0 Å². The Bertz CT molecular complexity index is 791. The van der Waals surface area contributed by atoms with Crippen molar-refractivity contribution in [1.29, 1.82) is 0 Å². The maximum absolute atomic E-state index is 12.9. The summed E-state index contributed by atoms with van der Waals surface area (Å²) in [6.45, 7) is 3.54. The standard InChI is InChI=1S/C17H19ClNO6P/c1-3-23-26(22,24-4-2)25-17(13-8-6-5-7-9-13)15-12-14(19(20)21)10-11-16(15)18/h5-12,17H,3-4H2,1-2H3. The summed E-state index contributed by atoms with van der Waals surface area (Å²) in [5.74, 6) is 0. The Morgan fingerprint density at radius 2 is 1.73 bits per heavy atom. The van der Waals surface area contributed by atoms with Crippen molar-refractivity contribution in [3.05, 3.63) is 74.8 Å². The lowest BCUT2D eigenvalue weighted by Crippen LogP contribution is -2.09. The molecular formula is C17H19ClNO6P. The van der Waals surface area contributed by atoms with Crippen molar-refractivity contribution in [1.82, 2.24) is 0 Å². The second kappa shape index (κ2) is 9.26. The van der Waals surface area contributed by atoms with E-state index < -0.39 is 18.8 Å². The predicted octanol–water partition coefficient (Wildman–Crippen LogP) is 5.54. The summed E-state index contributed by atoms with van der Waals surface area (Å²) in [6.07, 6.45) is -0.965. The highest BCUT2D eigenvalue weighted by Crippen LogP contribution is 2.55. The largest absolute Gasteiger partial charge is 0.475 e. The number of hydrogen-bond donors (Lipinski definition) is 0. The number of halogens is 1. The zero-order valence-corrected chi connectivity index (χ0v) is 16.0. The first-order valence-electron chi connectivity index (χ1n) is 7.96. The minimum absolute atomic E-state index is 0.113. The average molecular weight is 400 g/mol. The highest BCUT2D eigenvalue weighted by atomic mass is 35.5. The normalized spacial score (nSPS) is 12.7. The Balaban J connectivity index is 2.54. The number of non-ortho nitro benzene ring substituents is 1. The summed E-state index contributed by atoms with van der Waals surface area (Å²) in [4.78, 5) is 10.6. The molecule has 0 heterocycles. The topological polar surface area (TPSA) is 87.9 Å². The first-order valence-corrected chi connectivity index (χ1v) is 9.80. The summed E-state index contributed by atoms with van der Waals surface area (Å²) < 4.78 is 29.0. The smallest absolute Gasteiger partial charge is 0.287 e. The zero-order valence-electron chi connectivity index (χ0n) is 14.3. The van der Waals surface area contributed by atoms with E-state index in [-0.39, 0.29) is 23.9 Å². The van der Waals surface area contributed by atoms with E-state index in [1.807, 2.05) is 0 Å². The molecule has 0 aliphatic heterocycles. The maximum atomic E-state index is 12.9. The molecule has 9 heteroatoms. The lowest BCUT2D eigenvalue weighted by atomic mass is 10.0. The second-order valence-corrected chi connectivity index (χ2v) is 7.17. The van der Waals surface area contributed by atoms with Gasteiger partial charge in [-0.25, -0.2) is 4.57 Å². The summed E-state index contributed by atoms with van der Waals surface area (Å²) in [7, 11) is -3.89. The van der Waals surface area contributed by atoms with Crippen LogP contribution in [-0.4, -0.2) is 18.1 Å². The number of nitro groups is 1. The highest BCUT2D eigenvalue weighted by molar-refractivity contribution is 7.48. The maximum Gasteiger partial charge on any atom is 0.475 e. The number of hydrogen-bond acceptors (Lipinski definition) is 6. The quantitative estimate of drug-likeness (QED) is 0.312. The molecule has 0 N–H and O–H groups in total. The number of nitro benzene ring substituents is 1. The van der Waals surface area contributed by atoms with Gasteiger partial charge in [0.2, 0.25) is 0 Å². The molecule has 26 heavy (non-hydrogen) atoms. The summed E-state index contributed by atoms with van der Waals surface area (Å²) in [6, 6.07) is 12.8. The monoisotopic (exact) mass is 399 g/mol. The van der Waals surface area contributed by atoms with Crippen molar-refractivity contribution in [2.75, 3.05) is 13.2 Å². The van der Waals surface area contributed by atoms with Crippen LogP contribution in [0.5, 0.6) is 0 Å². The molecule has 0 saturated carbocycles. The molecule has 0 saturated heterocycles. The van der Waals surface area contributed by atoms with Crippen LogP contribution < -0.4 is 0 Å². The molecular weight excluding hydrogens is 381 g/mol. The molecule has 0 aliphatic carbocycles. The third-order valence-corrected chi connectivity index (χ3v) is 5.35. The van der Waals surface area contributed by atoms with Gasteiger partial charge in [-0.05, 0) is 25.5 Å². The number of nitrogens with zero attached hydrogens (tertiary/aromatic N) is 1. The summed E-state index contributed by atoms with van der Waals surface area (Å²) in [5, 5.41) is 11.4. The van der Waals surface area contributed by atoms with Gasteiger partial charge in [-0.2, -0.15) is 0 Å². The first kappa shape index (κ1) is 20.6. The van der Waals surface area contributed by atoms with Crippen LogP contribution in [-0.2, 0) is 18.1 Å². The van der Waals surface area contributed by atoms with Crippen LogP contribution in [0.25, 0.3) is 0 Å². The predicted molar refractivity (Wildman–Crippen MR) is 98.3 cm³/mol. The molecule has 0 radical (unpaired) electrons. The van der Waals surface area contributed by atoms with Gasteiger partial charge in [-0.15, -0.1) is 0 Å². The zero-order chi connectivity index (χ0) is 19.2. The van der Waals surface area contributed by atoms with Crippen LogP contribution in [0, 0.1) is 10.1 Å². The molecule has 2 aromatic carbocycles. The van der Waals surface area contributed by atoms with E-state index in [4.69, 9.17) is 25.2 Å². The SMILES string of the molecule is CCOP(=O)(OCC)OC(c1ccccc1)c1cc([N+](=O)[O-])ccc1Cl. The molecule has 7 nitrogen and oxygen atoms in total. The minimum Gasteiger partial charge on any atom is -0.287 e. The lowest BCUT2D eigenvalue weighted by Gasteiger charge is -2.24. The van der Waals surface area contributed by atoms with E-state index in [2.05, 4.69) is 0 Å². The molecule has 1 atom stereocenters. The van der Waals surface area contributed by atoms with Crippen LogP contribution in [0.4, 0.5) is 5.69 Å². The minimum atomic E-state index is -3.89. The van der Waals surface area contributed by atoms with Crippen LogP contribution in [0.2, 0.25) is 5.02 Å². The van der Waals surface area contributed by atoms with Gasteiger partial charge in [0.05, 0.1) is 18.1 Å². The van der Waals surface area contributed by atoms with Crippen molar-refractivity contribution in [3.8, 4) is 0 Å². The second-order valence-electron chi connectivity index (χ2n) is 5.14. The van der Waals surface area contributed by atoms with E-state index in [1.54, 1.807) is 44.2 Å². The van der Waals surface area contributed by atoms with Gasteiger partial charge >= 0.3 is 7.82 Å². The Morgan fingerprint density at radius 1 is 1.12 bits per heavy atom. The fourth-order valence-corrected chi connectivity index (χ4v) is 3.85. The molecule has 0 bridgehead atoms. The number of phosphoric acid groups is 1. The molecule has 2 rings (SSSR count). The average Bonchev–Trinajstić information content (AvgIpc) is 2.61. The van der Waals surface area contributed by atoms with Crippen molar-refractivity contribution >= 4 is 25.1 Å². The van der Waals surface area contributed by atoms with Crippen LogP contribution in [0.1, 0.15) is 31.1 Å². The van der Waals surface area contributed by atoms with Gasteiger partial charge in [0, 0.05) is 22.7 Å². The molecule has 0 aliphatic rings.